The van der Waals surface area contributed by atoms with Crippen LogP contribution in [0.25, 0.3) is 0 Å². The van der Waals surface area contributed by atoms with Crippen molar-refractivity contribution >= 4 is 11.7 Å². The third-order valence-electron chi connectivity index (χ3n) is 1.65. The molecule has 12 heavy (non-hydrogen) atoms. The minimum atomic E-state index is -0.287. The first-order valence-corrected chi connectivity index (χ1v) is 4.11. The first-order chi connectivity index (χ1) is 5.49. The van der Waals surface area contributed by atoms with E-state index in [1.54, 1.807) is 21.0 Å². The number of aliphatic imine (C=N–C) groups is 1. The lowest BCUT2D eigenvalue weighted by molar-refractivity contribution is -0.122. The van der Waals surface area contributed by atoms with Gasteiger partial charge in [-0.1, -0.05) is 13.8 Å². The maximum atomic E-state index is 11.3. The fourth-order valence-corrected chi connectivity index (χ4v) is 0.871. The lowest BCUT2D eigenvalue weighted by Gasteiger charge is -2.09. The van der Waals surface area contributed by atoms with Crippen LogP contribution in [-0.4, -0.2) is 24.8 Å². The van der Waals surface area contributed by atoms with E-state index in [9.17, 15) is 4.79 Å². The summed E-state index contributed by atoms with van der Waals surface area (Å²) in [6, 6.07) is -0.287. The van der Waals surface area contributed by atoms with Crippen LogP contribution in [0.2, 0.25) is 0 Å². The van der Waals surface area contributed by atoms with E-state index in [1.165, 1.54) is 0 Å². The third kappa shape index (κ3) is 3.51. The second-order valence-corrected chi connectivity index (χ2v) is 3.09. The quantitative estimate of drug-likeness (QED) is 0.478. The molecule has 3 heteroatoms. The first kappa shape index (κ1) is 11.1. The molecule has 0 aliphatic heterocycles. The molecule has 0 spiro atoms. The van der Waals surface area contributed by atoms with E-state index in [4.69, 9.17) is 4.74 Å². The van der Waals surface area contributed by atoms with Crippen molar-refractivity contribution in [1.29, 1.82) is 0 Å². The Labute approximate surface area is 73.8 Å². The van der Waals surface area contributed by atoms with Crippen LogP contribution in [0.5, 0.6) is 0 Å². The van der Waals surface area contributed by atoms with Gasteiger partial charge in [0, 0.05) is 12.8 Å². The third-order valence-corrected chi connectivity index (χ3v) is 1.65. The number of hydrogen-bond acceptors (Lipinski definition) is 3. The van der Waals surface area contributed by atoms with Crippen LogP contribution in [-0.2, 0) is 9.53 Å². The second kappa shape index (κ2) is 4.91. The van der Waals surface area contributed by atoms with E-state index in [1.807, 2.05) is 13.8 Å². The Balaban J connectivity index is 4.21. The van der Waals surface area contributed by atoms with Crippen molar-refractivity contribution in [3.63, 3.8) is 0 Å². The van der Waals surface area contributed by atoms with E-state index in [0.717, 1.165) is 0 Å². The van der Waals surface area contributed by atoms with Crippen LogP contribution < -0.4 is 0 Å². The van der Waals surface area contributed by atoms with Crippen molar-refractivity contribution < 1.29 is 9.53 Å². The SMILES string of the molecule is COC(C)=NC(C)C(=O)C(C)C. The number of hydrogen-bond donors (Lipinski definition) is 0. The Bertz CT molecular complexity index is 185. The molecule has 1 unspecified atom stereocenters. The van der Waals surface area contributed by atoms with E-state index < -0.39 is 0 Å². The Kier molecular flexibility index (Phi) is 4.55. The standard InChI is InChI=1S/C9H17NO2/c1-6(2)9(11)7(3)10-8(4)12-5/h6-7H,1-5H3. The van der Waals surface area contributed by atoms with Gasteiger partial charge in [-0.15, -0.1) is 0 Å². The highest BCUT2D eigenvalue weighted by molar-refractivity contribution is 5.87. The fourth-order valence-electron chi connectivity index (χ4n) is 0.871. The van der Waals surface area contributed by atoms with E-state index >= 15 is 0 Å². The molecule has 0 radical (unpaired) electrons. The smallest absolute Gasteiger partial charge is 0.180 e. The van der Waals surface area contributed by atoms with Gasteiger partial charge < -0.3 is 4.74 Å². The van der Waals surface area contributed by atoms with Gasteiger partial charge in [0.2, 0.25) is 0 Å². The largest absolute Gasteiger partial charge is 0.484 e. The predicted molar refractivity (Wildman–Crippen MR) is 49.4 cm³/mol. The van der Waals surface area contributed by atoms with Gasteiger partial charge in [-0.25, -0.2) is 4.99 Å². The van der Waals surface area contributed by atoms with Gasteiger partial charge in [-0.3, -0.25) is 4.79 Å². The fraction of sp³-hybridized carbons (Fsp3) is 0.778. The molecule has 3 nitrogen and oxygen atoms in total. The molecule has 70 valence electrons. The van der Waals surface area contributed by atoms with Gasteiger partial charge >= 0.3 is 0 Å². The normalized spacial score (nSPS) is 14.7. The number of nitrogens with zero attached hydrogens (tertiary/aromatic N) is 1. The lowest BCUT2D eigenvalue weighted by Crippen LogP contribution is -2.21. The zero-order chi connectivity index (χ0) is 9.72. The number of ether oxygens (including phenoxy) is 1. The van der Waals surface area contributed by atoms with Crippen LogP contribution in [0.1, 0.15) is 27.7 Å². The molecule has 0 rings (SSSR count). The summed E-state index contributed by atoms with van der Waals surface area (Å²) in [4.78, 5) is 15.4. The monoisotopic (exact) mass is 171 g/mol. The van der Waals surface area contributed by atoms with Gasteiger partial charge in [0.25, 0.3) is 0 Å². The van der Waals surface area contributed by atoms with Gasteiger partial charge in [-0.05, 0) is 6.92 Å². The minimum absolute atomic E-state index is 0.0356. The van der Waals surface area contributed by atoms with Crippen molar-refractivity contribution in [2.24, 2.45) is 10.9 Å². The molecule has 0 aromatic heterocycles. The summed E-state index contributed by atoms with van der Waals surface area (Å²) in [6.45, 7) is 7.27. The van der Waals surface area contributed by atoms with Gasteiger partial charge in [0.1, 0.15) is 6.04 Å². The zero-order valence-corrected chi connectivity index (χ0v) is 8.42. The van der Waals surface area contributed by atoms with Crippen molar-refractivity contribution in [2.45, 2.75) is 33.7 Å². The van der Waals surface area contributed by atoms with E-state index in [-0.39, 0.29) is 17.7 Å². The summed E-state index contributed by atoms with van der Waals surface area (Å²) in [5.41, 5.74) is 0. The number of Topliss-reactive ketones (excluding diaryl/α,β-unsaturated/α-hetero) is 1. The molecular formula is C9H17NO2. The van der Waals surface area contributed by atoms with Gasteiger partial charge in [-0.2, -0.15) is 0 Å². The Hall–Kier alpha value is -0.860. The van der Waals surface area contributed by atoms with E-state index in [0.29, 0.717) is 5.90 Å². The van der Waals surface area contributed by atoms with Crippen LogP contribution in [0.3, 0.4) is 0 Å². The molecule has 0 heterocycles. The number of rotatable bonds is 3. The van der Waals surface area contributed by atoms with Crippen molar-refractivity contribution in [3.8, 4) is 0 Å². The number of carbonyl (C=O) groups excluding carboxylic acids is 1. The van der Waals surface area contributed by atoms with Crippen molar-refractivity contribution in [2.75, 3.05) is 7.11 Å². The number of methoxy groups -OCH3 is 1. The zero-order valence-electron chi connectivity index (χ0n) is 8.42. The average Bonchev–Trinajstić information content (AvgIpc) is 2.02. The Morgan fingerprint density at radius 1 is 1.33 bits per heavy atom. The molecule has 0 bridgehead atoms. The predicted octanol–water partition coefficient (Wildman–Crippen LogP) is 1.66. The minimum Gasteiger partial charge on any atom is -0.484 e. The maximum absolute atomic E-state index is 11.3. The lowest BCUT2D eigenvalue weighted by atomic mass is 10.0. The molecule has 0 aliphatic rings. The molecule has 0 aromatic carbocycles. The summed E-state index contributed by atoms with van der Waals surface area (Å²) >= 11 is 0. The van der Waals surface area contributed by atoms with E-state index in [2.05, 4.69) is 4.99 Å². The Morgan fingerprint density at radius 2 is 1.83 bits per heavy atom. The van der Waals surface area contributed by atoms with Crippen molar-refractivity contribution in [3.05, 3.63) is 0 Å². The molecular weight excluding hydrogens is 154 g/mol. The summed E-state index contributed by atoms with van der Waals surface area (Å²) < 4.78 is 4.85. The number of carbonyl (C=O) groups is 1. The topological polar surface area (TPSA) is 38.7 Å². The average molecular weight is 171 g/mol. The molecule has 1 atom stereocenters. The summed E-state index contributed by atoms with van der Waals surface area (Å²) in [5, 5.41) is 0. The summed E-state index contributed by atoms with van der Waals surface area (Å²) in [7, 11) is 1.55. The molecule has 0 aromatic rings. The highest BCUT2D eigenvalue weighted by Crippen LogP contribution is 2.03. The summed E-state index contributed by atoms with van der Waals surface area (Å²) in [6.07, 6.45) is 0. The van der Waals surface area contributed by atoms with Gasteiger partial charge in [0.15, 0.2) is 11.7 Å². The second-order valence-electron chi connectivity index (χ2n) is 3.09. The van der Waals surface area contributed by atoms with Crippen LogP contribution in [0, 0.1) is 5.92 Å². The number of ketones is 1. The summed E-state index contributed by atoms with van der Waals surface area (Å²) in [5.74, 6) is 0.733. The molecule has 0 fully saturated rings. The van der Waals surface area contributed by atoms with Crippen LogP contribution in [0.15, 0.2) is 4.99 Å². The molecule has 0 N–H and O–H groups in total. The highest BCUT2D eigenvalue weighted by Gasteiger charge is 2.15. The van der Waals surface area contributed by atoms with Crippen LogP contribution >= 0.6 is 0 Å². The molecule has 0 amide bonds. The maximum Gasteiger partial charge on any atom is 0.180 e. The van der Waals surface area contributed by atoms with Crippen molar-refractivity contribution in [1.82, 2.24) is 0 Å². The molecule has 0 saturated heterocycles. The highest BCUT2D eigenvalue weighted by atomic mass is 16.5. The molecule has 0 aliphatic carbocycles. The van der Waals surface area contributed by atoms with Gasteiger partial charge in [0.05, 0.1) is 7.11 Å². The van der Waals surface area contributed by atoms with Crippen LogP contribution in [0.4, 0.5) is 0 Å². The first-order valence-electron chi connectivity index (χ1n) is 4.11. The Morgan fingerprint density at radius 3 is 2.17 bits per heavy atom. The molecule has 0 saturated carbocycles.